The maximum Gasteiger partial charge on any atom is 0.191 e. The first-order valence-corrected chi connectivity index (χ1v) is 9.15. The van der Waals surface area contributed by atoms with Gasteiger partial charge >= 0.3 is 0 Å². The molecule has 0 bridgehead atoms. The average molecular weight is 414 g/mol. The van der Waals surface area contributed by atoms with Gasteiger partial charge in [-0.2, -0.15) is 0 Å². The van der Waals surface area contributed by atoms with Crippen LogP contribution in [0.5, 0.6) is 0 Å². The van der Waals surface area contributed by atoms with E-state index in [9.17, 15) is 0 Å². The van der Waals surface area contributed by atoms with E-state index in [1.807, 2.05) is 39.0 Å². The van der Waals surface area contributed by atoms with Crippen molar-refractivity contribution in [3.8, 4) is 11.3 Å². The van der Waals surface area contributed by atoms with E-state index >= 15 is 0 Å². The Morgan fingerprint density at radius 3 is 2.04 bits per heavy atom. The molecule has 2 saturated carbocycles. The Bertz CT molecular complexity index is 696. The number of hydrogen-bond donors (Lipinski definition) is 0. The number of hydrogen-bond acceptors (Lipinski definition) is 3. The van der Waals surface area contributed by atoms with Gasteiger partial charge in [-0.3, -0.25) is 0 Å². The van der Waals surface area contributed by atoms with Crippen molar-refractivity contribution in [1.82, 2.24) is 9.88 Å². The normalized spacial score (nSPS) is 17.5. The molecule has 2 fully saturated rings. The summed E-state index contributed by atoms with van der Waals surface area (Å²) in [4.78, 5) is 6.77. The van der Waals surface area contributed by atoms with Gasteiger partial charge in [0.2, 0.25) is 0 Å². The van der Waals surface area contributed by atoms with Gasteiger partial charge in [0.05, 0.1) is 5.92 Å². The predicted octanol–water partition coefficient (Wildman–Crippen LogP) is 4.66. The van der Waals surface area contributed by atoms with Crippen LogP contribution in [0.2, 0.25) is 0 Å². The summed E-state index contributed by atoms with van der Waals surface area (Å²) in [5, 5.41) is 0. The third-order valence-electron chi connectivity index (χ3n) is 4.25. The van der Waals surface area contributed by atoms with Crippen molar-refractivity contribution in [3.05, 3.63) is 105 Å². The molecule has 0 atom stereocenters. The molecule has 0 N–H and O–H groups in total. The van der Waals surface area contributed by atoms with Crippen molar-refractivity contribution in [2.45, 2.75) is 13.8 Å². The molecule has 0 spiro atoms. The van der Waals surface area contributed by atoms with Crippen molar-refractivity contribution in [2.24, 2.45) is 0 Å². The molecule has 2 aliphatic carbocycles. The van der Waals surface area contributed by atoms with Crippen LogP contribution in [-0.4, -0.2) is 30.5 Å². The largest absolute Gasteiger partial charge is 0.445 e. The minimum Gasteiger partial charge on any atom is -0.445 e. The second-order valence-electron chi connectivity index (χ2n) is 6.94. The van der Waals surface area contributed by atoms with Gasteiger partial charge < -0.3 is 9.32 Å². The number of oxazole rings is 1. The first kappa shape index (κ1) is 23.2. The van der Waals surface area contributed by atoms with Crippen LogP contribution >= 0.6 is 0 Å². The zero-order chi connectivity index (χ0) is 19.2. The average Bonchev–Trinajstić information content (AvgIpc) is 3.37. The van der Waals surface area contributed by atoms with Crippen LogP contribution in [0, 0.1) is 77.0 Å². The van der Waals surface area contributed by atoms with Crippen LogP contribution in [-0.2, 0) is 17.1 Å². The quantitative estimate of drug-likeness (QED) is 0.682. The molecule has 10 radical (unpaired) electrons. The second kappa shape index (κ2) is 11.2. The second-order valence-corrected chi connectivity index (χ2v) is 6.94. The van der Waals surface area contributed by atoms with E-state index in [1.54, 1.807) is 0 Å². The zero-order valence-electron chi connectivity index (χ0n) is 16.8. The molecule has 2 aliphatic rings. The van der Waals surface area contributed by atoms with E-state index < -0.39 is 0 Å². The standard InChI is InChI=1S/C19H21N2O.C5H5.Fe/c1-13-8-10-15(11-9-13)18-19(22-14(2)20-18)17-7-5-6-16(17)12-21(3)4;1-2-4-5-3-1;/h5-11H,12H2,1-4H3;1-5H;. The maximum atomic E-state index is 5.94. The van der Waals surface area contributed by atoms with E-state index in [0.717, 1.165) is 29.5 Å². The van der Waals surface area contributed by atoms with Crippen molar-refractivity contribution in [3.63, 3.8) is 0 Å². The number of rotatable bonds is 4. The van der Waals surface area contributed by atoms with Crippen LogP contribution < -0.4 is 0 Å². The molecule has 0 unspecified atom stereocenters. The van der Waals surface area contributed by atoms with E-state index in [4.69, 9.17) is 4.42 Å². The molecule has 4 heteroatoms. The van der Waals surface area contributed by atoms with E-state index in [1.165, 1.54) is 11.5 Å². The summed E-state index contributed by atoms with van der Waals surface area (Å²) in [7, 11) is 4.15. The number of benzene rings is 1. The van der Waals surface area contributed by atoms with Crippen LogP contribution in [0.4, 0.5) is 0 Å². The minimum absolute atomic E-state index is 0. The SMILES string of the molecule is Cc1ccc(-c2nc(C)oc2[C]2[CH][CH][CH][C]2CN(C)C)cc1.[CH]1[CH][CH][CH][CH]1.[Fe]. The van der Waals surface area contributed by atoms with Crippen LogP contribution in [0.3, 0.4) is 0 Å². The summed E-state index contributed by atoms with van der Waals surface area (Å²) in [6.07, 6.45) is 16.3. The summed E-state index contributed by atoms with van der Waals surface area (Å²) in [6.45, 7) is 4.87. The third-order valence-corrected chi connectivity index (χ3v) is 4.25. The fraction of sp³-hybridized carbons (Fsp3) is 0.208. The molecule has 1 aromatic carbocycles. The summed E-state index contributed by atoms with van der Waals surface area (Å²) < 4.78 is 5.94. The van der Waals surface area contributed by atoms with E-state index in [2.05, 4.69) is 74.4 Å². The number of aryl methyl sites for hydroxylation is 2. The molecule has 4 rings (SSSR count). The Kier molecular flexibility index (Phi) is 9.27. The van der Waals surface area contributed by atoms with Gasteiger partial charge in [-0.05, 0) is 72.4 Å². The third kappa shape index (κ3) is 6.20. The van der Waals surface area contributed by atoms with E-state index in [-0.39, 0.29) is 17.1 Å². The molecule has 3 nitrogen and oxygen atoms in total. The van der Waals surface area contributed by atoms with Gasteiger partial charge in [0.15, 0.2) is 5.89 Å². The smallest absolute Gasteiger partial charge is 0.191 e. The monoisotopic (exact) mass is 414 g/mol. The molecule has 1 aromatic heterocycles. The topological polar surface area (TPSA) is 29.3 Å². The van der Waals surface area contributed by atoms with Crippen LogP contribution in [0.1, 0.15) is 17.2 Å². The van der Waals surface area contributed by atoms with Crippen molar-refractivity contribution in [1.29, 1.82) is 0 Å². The van der Waals surface area contributed by atoms with Gasteiger partial charge in [0.1, 0.15) is 11.5 Å². The summed E-state index contributed by atoms with van der Waals surface area (Å²) in [5.74, 6) is 3.95. The first-order valence-electron chi connectivity index (χ1n) is 9.15. The van der Waals surface area contributed by atoms with Crippen molar-refractivity contribution in [2.75, 3.05) is 20.6 Å². The van der Waals surface area contributed by atoms with Gasteiger partial charge in [-0.25, -0.2) is 4.98 Å². The molecule has 1 heterocycles. The van der Waals surface area contributed by atoms with Crippen LogP contribution in [0.15, 0.2) is 28.7 Å². The number of nitrogens with zero attached hydrogens (tertiary/aromatic N) is 2. The van der Waals surface area contributed by atoms with Gasteiger partial charge in [0.25, 0.3) is 0 Å². The Balaban J connectivity index is 0.000000408. The Morgan fingerprint density at radius 1 is 0.857 bits per heavy atom. The van der Waals surface area contributed by atoms with Crippen molar-refractivity contribution < 1.29 is 21.5 Å². The molecular weight excluding hydrogens is 388 g/mol. The van der Waals surface area contributed by atoms with E-state index in [0.29, 0.717) is 5.89 Å². The fourth-order valence-electron chi connectivity index (χ4n) is 2.99. The Hall–Kier alpha value is -1.09. The molecule has 0 amide bonds. The molecular formula is C24H26FeN2O. The molecule has 0 aliphatic heterocycles. The van der Waals surface area contributed by atoms with Gasteiger partial charge in [0, 0.05) is 42.0 Å². The zero-order valence-corrected chi connectivity index (χ0v) is 17.9. The fourth-order valence-corrected chi connectivity index (χ4v) is 2.99. The first-order chi connectivity index (χ1) is 13.0. The van der Waals surface area contributed by atoms with Gasteiger partial charge in [-0.1, -0.05) is 29.8 Å². The Labute approximate surface area is 181 Å². The molecule has 2 aromatic rings. The van der Waals surface area contributed by atoms with Crippen molar-refractivity contribution >= 4 is 0 Å². The minimum atomic E-state index is 0. The van der Waals surface area contributed by atoms with Gasteiger partial charge in [-0.15, -0.1) is 0 Å². The summed E-state index contributed by atoms with van der Waals surface area (Å²) in [5.41, 5.74) is 3.25. The molecule has 28 heavy (non-hydrogen) atoms. The molecule has 146 valence electrons. The summed E-state index contributed by atoms with van der Waals surface area (Å²) >= 11 is 0. The summed E-state index contributed by atoms with van der Waals surface area (Å²) in [6, 6.07) is 8.42. The predicted molar refractivity (Wildman–Crippen MR) is 110 cm³/mol. The van der Waals surface area contributed by atoms with Crippen LogP contribution in [0.25, 0.3) is 11.3 Å². The molecule has 0 saturated heterocycles. The maximum absolute atomic E-state index is 5.94. The Morgan fingerprint density at radius 2 is 1.46 bits per heavy atom. The number of aromatic nitrogens is 1.